The zero-order valence-corrected chi connectivity index (χ0v) is 9.56. The van der Waals surface area contributed by atoms with Gasteiger partial charge in [0.25, 0.3) is 0 Å². The van der Waals surface area contributed by atoms with Crippen LogP contribution in [0.15, 0.2) is 0 Å². The Labute approximate surface area is 90.2 Å². The number of hydrogen-bond donors (Lipinski definition) is 1. The highest BCUT2D eigenvalue weighted by Gasteiger charge is 2.46. The molecular formula is C11H19NO3. The predicted molar refractivity (Wildman–Crippen MR) is 55.1 cm³/mol. The number of ketones is 1. The molecule has 4 heteroatoms. The quantitative estimate of drug-likeness (QED) is 0.687. The third-order valence-corrected chi connectivity index (χ3v) is 3.09. The van der Waals surface area contributed by atoms with E-state index in [0.29, 0.717) is 18.7 Å². The molecule has 0 amide bonds. The Morgan fingerprint density at radius 3 is 2.60 bits per heavy atom. The molecule has 3 atom stereocenters. The van der Waals surface area contributed by atoms with E-state index in [1.807, 2.05) is 25.7 Å². The van der Waals surface area contributed by atoms with E-state index in [4.69, 9.17) is 4.74 Å². The third-order valence-electron chi connectivity index (χ3n) is 3.09. The Morgan fingerprint density at radius 1 is 1.53 bits per heavy atom. The molecule has 1 N–H and O–H groups in total. The summed E-state index contributed by atoms with van der Waals surface area (Å²) in [5.41, 5.74) is -0.356. The molecule has 1 aliphatic carbocycles. The Hall–Kier alpha value is -0.450. The maximum absolute atomic E-state index is 11.3. The van der Waals surface area contributed by atoms with Crippen molar-refractivity contribution in [1.29, 1.82) is 0 Å². The van der Waals surface area contributed by atoms with E-state index in [9.17, 15) is 9.90 Å². The van der Waals surface area contributed by atoms with Crippen LogP contribution in [0.5, 0.6) is 0 Å². The van der Waals surface area contributed by atoms with Crippen molar-refractivity contribution in [3.63, 3.8) is 0 Å². The first-order valence-corrected chi connectivity index (χ1v) is 5.51. The highest BCUT2D eigenvalue weighted by molar-refractivity contribution is 5.85. The monoisotopic (exact) mass is 213 g/mol. The molecule has 1 heterocycles. The number of fused-ring (bicyclic) bond motifs is 2. The fourth-order valence-corrected chi connectivity index (χ4v) is 2.43. The average Bonchev–Trinajstić information content (AvgIpc) is 2.58. The van der Waals surface area contributed by atoms with Gasteiger partial charge in [-0.2, -0.15) is 0 Å². The third kappa shape index (κ3) is 2.22. The summed E-state index contributed by atoms with van der Waals surface area (Å²) >= 11 is 0. The minimum atomic E-state index is -0.867. The number of aliphatic hydroxyl groups excluding tert-OH is 1. The molecule has 86 valence electrons. The van der Waals surface area contributed by atoms with Crippen LogP contribution in [-0.4, -0.2) is 40.4 Å². The Bertz CT molecular complexity index is 271. The van der Waals surface area contributed by atoms with Crippen LogP contribution in [0.3, 0.4) is 0 Å². The van der Waals surface area contributed by atoms with Crippen LogP contribution in [0.1, 0.15) is 33.6 Å². The summed E-state index contributed by atoms with van der Waals surface area (Å²) in [7, 11) is 0. The van der Waals surface area contributed by atoms with E-state index >= 15 is 0 Å². The fourth-order valence-electron chi connectivity index (χ4n) is 2.43. The van der Waals surface area contributed by atoms with E-state index < -0.39 is 6.41 Å². The van der Waals surface area contributed by atoms with Crippen LogP contribution in [0, 0.1) is 5.92 Å². The summed E-state index contributed by atoms with van der Waals surface area (Å²) in [6.07, 6.45) is 0.603. The second-order valence-corrected chi connectivity index (χ2v) is 5.51. The van der Waals surface area contributed by atoms with Gasteiger partial charge in [-0.25, -0.2) is 0 Å². The minimum Gasteiger partial charge on any atom is -0.356 e. The molecule has 4 nitrogen and oxygen atoms in total. The summed E-state index contributed by atoms with van der Waals surface area (Å²) in [5.74, 6) is 0.479. The van der Waals surface area contributed by atoms with Crippen molar-refractivity contribution in [2.24, 2.45) is 5.92 Å². The van der Waals surface area contributed by atoms with E-state index in [0.717, 1.165) is 6.42 Å². The highest BCUT2D eigenvalue weighted by Crippen LogP contribution is 2.36. The number of hydrogen-bond acceptors (Lipinski definition) is 4. The Balaban J connectivity index is 1.94. The molecule has 2 aliphatic rings. The van der Waals surface area contributed by atoms with Crippen LogP contribution < -0.4 is 0 Å². The van der Waals surface area contributed by atoms with Gasteiger partial charge in [0.05, 0.1) is 5.60 Å². The van der Waals surface area contributed by atoms with Crippen molar-refractivity contribution in [3.8, 4) is 0 Å². The Morgan fingerprint density at radius 2 is 2.20 bits per heavy atom. The SMILES string of the molecule is CC(C)(C)OC(O)N1CC2CC1CC2=O. The second-order valence-electron chi connectivity index (χ2n) is 5.51. The summed E-state index contributed by atoms with van der Waals surface area (Å²) < 4.78 is 5.48. The normalized spacial score (nSPS) is 33.7. The summed E-state index contributed by atoms with van der Waals surface area (Å²) in [6, 6.07) is 0.194. The molecule has 2 fully saturated rings. The van der Waals surface area contributed by atoms with E-state index in [-0.39, 0.29) is 17.6 Å². The van der Waals surface area contributed by atoms with Gasteiger partial charge in [-0.15, -0.1) is 0 Å². The average molecular weight is 213 g/mol. The molecule has 1 saturated carbocycles. The van der Waals surface area contributed by atoms with Gasteiger partial charge in [0.2, 0.25) is 6.41 Å². The molecule has 2 bridgehead atoms. The van der Waals surface area contributed by atoms with Gasteiger partial charge >= 0.3 is 0 Å². The van der Waals surface area contributed by atoms with Crippen LogP contribution in [-0.2, 0) is 9.53 Å². The molecule has 0 aromatic rings. The highest BCUT2D eigenvalue weighted by atomic mass is 16.6. The van der Waals surface area contributed by atoms with Crippen molar-refractivity contribution in [2.45, 2.75) is 51.7 Å². The van der Waals surface area contributed by atoms with E-state index in [1.165, 1.54) is 0 Å². The molecule has 1 aliphatic heterocycles. The molecule has 0 radical (unpaired) electrons. The molecule has 1 saturated heterocycles. The van der Waals surface area contributed by atoms with Gasteiger partial charge in [-0.05, 0) is 27.2 Å². The maximum atomic E-state index is 11.3. The largest absolute Gasteiger partial charge is 0.356 e. The zero-order chi connectivity index (χ0) is 11.2. The smallest absolute Gasteiger partial charge is 0.216 e. The number of rotatable bonds is 2. The van der Waals surface area contributed by atoms with E-state index in [1.54, 1.807) is 0 Å². The van der Waals surface area contributed by atoms with Gasteiger partial charge in [-0.3, -0.25) is 9.69 Å². The van der Waals surface area contributed by atoms with Gasteiger partial charge in [0, 0.05) is 24.9 Å². The van der Waals surface area contributed by atoms with Gasteiger partial charge in [0.15, 0.2) is 0 Å². The predicted octanol–water partition coefficient (Wildman–Crippen LogP) is 0.741. The first kappa shape index (κ1) is 11.0. The van der Waals surface area contributed by atoms with Crippen LogP contribution in [0.25, 0.3) is 0 Å². The van der Waals surface area contributed by atoms with Crippen molar-refractivity contribution in [3.05, 3.63) is 0 Å². The lowest BCUT2D eigenvalue weighted by Crippen LogP contribution is -2.47. The van der Waals surface area contributed by atoms with Crippen LogP contribution in [0.4, 0.5) is 0 Å². The number of aliphatic hydroxyl groups is 1. The molecule has 0 aromatic heterocycles. The molecule has 0 spiro atoms. The molecule has 15 heavy (non-hydrogen) atoms. The zero-order valence-electron chi connectivity index (χ0n) is 9.56. The summed E-state index contributed by atoms with van der Waals surface area (Å²) in [5, 5.41) is 9.89. The minimum absolute atomic E-state index is 0.133. The number of carbonyl (C=O) groups excluding carboxylic acids is 1. The molecular weight excluding hydrogens is 194 g/mol. The first-order valence-electron chi connectivity index (χ1n) is 5.51. The number of Topliss-reactive ketones (excluding diaryl/α,β-unsaturated/α-hetero) is 1. The summed E-state index contributed by atoms with van der Waals surface area (Å²) in [4.78, 5) is 13.2. The van der Waals surface area contributed by atoms with Crippen molar-refractivity contribution in [1.82, 2.24) is 4.90 Å². The summed E-state index contributed by atoms with van der Waals surface area (Å²) in [6.45, 7) is 6.39. The van der Waals surface area contributed by atoms with Gasteiger partial charge < -0.3 is 9.84 Å². The van der Waals surface area contributed by atoms with Crippen molar-refractivity contribution >= 4 is 5.78 Å². The van der Waals surface area contributed by atoms with Crippen LogP contribution >= 0.6 is 0 Å². The number of carbonyl (C=O) groups is 1. The number of likely N-dealkylation sites (tertiary alicyclic amines) is 1. The second kappa shape index (κ2) is 3.54. The van der Waals surface area contributed by atoms with Gasteiger partial charge in [0.1, 0.15) is 5.78 Å². The molecule has 2 rings (SSSR count). The fraction of sp³-hybridized carbons (Fsp3) is 0.909. The van der Waals surface area contributed by atoms with E-state index in [2.05, 4.69) is 0 Å². The first-order chi connectivity index (χ1) is 6.87. The Kier molecular flexibility index (Phi) is 2.61. The maximum Gasteiger partial charge on any atom is 0.216 e. The topological polar surface area (TPSA) is 49.8 Å². The molecule has 3 unspecified atom stereocenters. The van der Waals surface area contributed by atoms with Crippen LogP contribution in [0.2, 0.25) is 0 Å². The number of nitrogens with zero attached hydrogens (tertiary/aromatic N) is 1. The van der Waals surface area contributed by atoms with Crippen molar-refractivity contribution < 1.29 is 14.6 Å². The lowest BCUT2D eigenvalue weighted by atomic mass is 10.1. The lowest BCUT2D eigenvalue weighted by Gasteiger charge is -2.34. The number of ether oxygens (including phenoxy) is 1. The number of piperidine rings is 1. The van der Waals surface area contributed by atoms with Gasteiger partial charge in [-0.1, -0.05) is 0 Å². The standard InChI is InChI=1S/C11H19NO3/c1-11(2,3)15-10(14)12-6-7-4-8(12)5-9(7)13/h7-8,10,14H,4-6H2,1-3H3. The van der Waals surface area contributed by atoms with Crippen molar-refractivity contribution in [2.75, 3.05) is 6.54 Å². The lowest BCUT2D eigenvalue weighted by molar-refractivity contribution is -0.244. The molecule has 0 aromatic carbocycles.